The standard InChI is InChI=1S/C25H22FN5O2S/c1-30-21-6-4-3-5-20(21)23-28-29-25(31(23)24(30)16-7-9-17(26)10-8-16)34-15-22(32)27-18-11-13-19(33-2)14-12-18/h3-14,24H,15H2,1-2H3,(H,27,32). The highest BCUT2D eigenvalue weighted by Crippen LogP contribution is 2.43. The molecule has 7 nitrogen and oxygen atoms in total. The van der Waals surface area contributed by atoms with E-state index in [4.69, 9.17) is 4.74 Å². The number of rotatable bonds is 6. The molecule has 9 heteroatoms. The van der Waals surface area contributed by atoms with Crippen LogP contribution in [0, 0.1) is 5.82 Å². The second-order valence-corrected chi connectivity index (χ2v) is 8.74. The fraction of sp³-hybridized carbons (Fsp3) is 0.160. The maximum absolute atomic E-state index is 13.6. The SMILES string of the molecule is COc1ccc(NC(=O)CSc2nnc3n2C(c2ccc(F)cc2)N(C)c2ccccc2-3)cc1. The van der Waals surface area contributed by atoms with Crippen molar-refractivity contribution in [1.82, 2.24) is 14.8 Å². The van der Waals surface area contributed by atoms with Gasteiger partial charge < -0.3 is 15.0 Å². The summed E-state index contributed by atoms with van der Waals surface area (Å²) in [5.41, 5.74) is 3.53. The van der Waals surface area contributed by atoms with E-state index >= 15 is 0 Å². The van der Waals surface area contributed by atoms with Crippen molar-refractivity contribution in [2.75, 3.05) is 30.1 Å². The molecule has 1 aliphatic rings. The molecule has 4 aromatic rings. The van der Waals surface area contributed by atoms with E-state index in [2.05, 4.69) is 20.4 Å². The zero-order valence-corrected chi connectivity index (χ0v) is 19.4. The van der Waals surface area contributed by atoms with Crippen molar-refractivity contribution in [2.45, 2.75) is 11.3 Å². The van der Waals surface area contributed by atoms with E-state index in [1.807, 2.05) is 35.9 Å². The van der Waals surface area contributed by atoms with E-state index in [1.165, 1.54) is 23.9 Å². The van der Waals surface area contributed by atoms with Crippen LogP contribution in [0.25, 0.3) is 11.4 Å². The highest BCUT2D eigenvalue weighted by atomic mass is 32.2. The Balaban J connectivity index is 1.43. The second kappa shape index (κ2) is 9.18. The molecule has 1 aliphatic heterocycles. The Bertz CT molecular complexity index is 1320. The first-order valence-corrected chi connectivity index (χ1v) is 11.6. The lowest BCUT2D eigenvalue weighted by Gasteiger charge is -2.37. The number of methoxy groups -OCH3 is 1. The number of hydrogen-bond donors (Lipinski definition) is 1. The van der Waals surface area contributed by atoms with Crippen LogP contribution >= 0.6 is 11.8 Å². The van der Waals surface area contributed by atoms with Gasteiger partial charge in [0.1, 0.15) is 17.7 Å². The molecular formula is C25H22FN5O2S. The van der Waals surface area contributed by atoms with E-state index in [-0.39, 0.29) is 23.6 Å². The van der Waals surface area contributed by atoms with Crippen LogP contribution in [0.15, 0.2) is 78.0 Å². The van der Waals surface area contributed by atoms with Gasteiger partial charge in [-0.3, -0.25) is 9.36 Å². The zero-order chi connectivity index (χ0) is 23.7. The van der Waals surface area contributed by atoms with Gasteiger partial charge >= 0.3 is 0 Å². The fourth-order valence-electron chi connectivity index (χ4n) is 4.06. The minimum absolute atomic E-state index is 0.157. The number of carbonyl (C=O) groups excluding carboxylic acids is 1. The Morgan fingerprint density at radius 3 is 2.53 bits per heavy atom. The van der Waals surface area contributed by atoms with Gasteiger partial charge in [-0.25, -0.2) is 4.39 Å². The predicted molar refractivity (Wildman–Crippen MR) is 131 cm³/mol. The molecule has 1 aromatic heterocycles. The van der Waals surface area contributed by atoms with Crippen LogP contribution in [0.2, 0.25) is 0 Å². The summed E-state index contributed by atoms with van der Waals surface area (Å²) < 4.78 is 20.8. The Hall–Kier alpha value is -3.85. The molecule has 0 aliphatic carbocycles. The number of benzene rings is 3. The third-order valence-corrected chi connectivity index (χ3v) is 6.62. The number of nitrogens with zero attached hydrogens (tertiary/aromatic N) is 4. The van der Waals surface area contributed by atoms with Crippen molar-refractivity contribution < 1.29 is 13.9 Å². The number of aromatic nitrogens is 3. The molecular weight excluding hydrogens is 453 g/mol. The van der Waals surface area contributed by atoms with Gasteiger partial charge in [-0.15, -0.1) is 10.2 Å². The van der Waals surface area contributed by atoms with Crippen molar-refractivity contribution in [3.63, 3.8) is 0 Å². The lowest BCUT2D eigenvalue weighted by atomic mass is 10.0. The average Bonchev–Trinajstić information content (AvgIpc) is 3.28. The van der Waals surface area contributed by atoms with Gasteiger partial charge in [-0.05, 0) is 54.1 Å². The van der Waals surface area contributed by atoms with Crippen molar-refractivity contribution in [3.05, 3.63) is 84.2 Å². The molecule has 0 radical (unpaired) electrons. The number of nitrogens with one attached hydrogen (secondary N) is 1. The van der Waals surface area contributed by atoms with Crippen LogP contribution in [0.1, 0.15) is 11.7 Å². The first kappa shape index (κ1) is 22.0. The number of halogens is 1. The molecule has 0 saturated carbocycles. The molecule has 3 aromatic carbocycles. The van der Waals surface area contributed by atoms with E-state index in [0.29, 0.717) is 16.7 Å². The van der Waals surface area contributed by atoms with E-state index in [0.717, 1.165) is 22.6 Å². The number of thioether (sulfide) groups is 1. The second-order valence-electron chi connectivity index (χ2n) is 7.79. The number of hydrogen-bond acceptors (Lipinski definition) is 6. The van der Waals surface area contributed by atoms with Crippen LogP contribution in [0.5, 0.6) is 5.75 Å². The summed E-state index contributed by atoms with van der Waals surface area (Å²) in [5, 5.41) is 12.3. The number of carbonyl (C=O) groups is 1. The van der Waals surface area contributed by atoms with Crippen LogP contribution in [0.3, 0.4) is 0 Å². The topological polar surface area (TPSA) is 72.3 Å². The van der Waals surface area contributed by atoms with Crippen LogP contribution in [-0.4, -0.2) is 40.6 Å². The molecule has 34 heavy (non-hydrogen) atoms. The van der Waals surface area contributed by atoms with Gasteiger partial charge in [-0.1, -0.05) is 36.0 Å². The summed E-state index contributed by atoms with van der Waals surface area (Å²) in [6, 6.07) is 21.5. The maximum Gasteiger partial charge on any atom is 0.234 e. The third-order valence-electron chi connectivity index (χ3n) is 5.68. The van der Waals surface area contributed by atoms with Crippen molar-refractivity contribution in [2.24, 2.45) is 0 Å². The van der Waals surface area contributed by atoms with Crippen molar-refractivity contribution in [3.8, 4) is 17.1 Å². The maximum atomic E-state index is 13.6. The quantitative estimate of drug-likeness (QED) is 0.403. The normalized spacial score (nSPS) is 14.3. The zero-order valence-electron chi connectivity index (χ0n) is 18.6. The van der Waals surface area contributed by atoms with Crippen LogP contribution in [0.4, 0.5) is 15.8 Å². The first-order valence-electron chi connectivity index (χ1n) is 10.6. The molecule has 172 valence electrons. The summed E-state index contributed by atoms with van der Waals surface area (Å²) in [6.07, 6.45) is -0.285. The number of fused-ring (bicyclic) bond motifs is 3. The fourth-order valence-corrected chi connectivity index (χ4v) is 4.82. The minimum Gasteiger partial charge on any atom is -0.497 e. The molecule has 1 atom stereocenters. The first-order chi connectivity index (χ1) is 16.5. The monoisotopic (exact) mass is 475 g/mol. The van der Waals surface area contributed by atoms with Crippen molar-refractivity contribution >= 4 is 29.0 Å². The minimum atomic E-state index is -0.295. The summed E-state index contributed by atoms with van der Waals surface area (Å²) in [7, 11) is 3.58. The van der Waals surface area contributed by atoms with Crippen LogP contribution in [-0.2, 0) is 4.79 Å². The van der Waals surface area contributed by atoms with Gasteiger partial charge in [-0.2, -0.15) is 0 Å². The summed E-state index contributed by atoms with van der Waals surface area (Å²) in [5.74, 6) is 1.14. The largest absolute Gasteiger partial charge is 0.497 e. The Morgan fingerprint density at radius 2 is 1.79 bits per heavy atom. The molecule has 1 N–H and O–H groups in total. The Morgan fingerprint density at radius 1 is 1.06 bits per heavy atom. The lowest BCUT2D eigenvalue weighted by Crippen LogP contribution is -2.34. The number of amides is 1. The van der Waals surface area contributed by atoms with Gasteiger partial charge in [0, 0.05) is 24.0 Å². The molecule has 0 fully saturated rings. The van der Waals surface area contributed by atoms with Gasteiger partial charge in [0.2, 0.25) is 5.91 Å². The molecule has 0 bridgehead atoms. The summed E-state index contributed by atoms with van der Waals surface area (Å²) >= 11 is 1.31. The van der Waals surface area contributed by atoms with E-state index in [9.17, 15) is 9.18 Å². The lowest BCUT2D eigenvalue weighted by molar-refractivity contribution is -0.113. The number of para-hydroxylation sites is 1. The molecule has 2 heterocycles. The molecule has 0 spiro atoms. The highest BCUT2D eigenvalue weighted by molar-refractivity contribution is 7.99. The third kappa shape index (κ3) is 4.10. The Kier molecular flexibility index (Phi) is 5.93. The van der Waals surface area contributed by atoms with Gasteiger partial charge in [0.05, 0.1) is 12.9 Å². The molecule has 5 rings (SSSR count). The molecule has 1 unspecified atom stereocenters. The summed E-state index contributed by atoms with van der Waals surface area (Å²) in [6.45, 7) is 0. The molecule has 1 amide bonds. The number of ether oxygens (including phenoxy) is 1. The van der Waals surface area contributed by atoms with E-state index < -0.39 is 0 Å². The Labute approximate surface area is 200 Å². The highest BCUT2D eigenvalue weighted by Gasteiger charge is 2.33. The van der Waals surface area contributed by atoms with Crippen LogP contribution < -0.4 is 15.0 Å². The van der Waals surface area contributed by atoms with Crippen molar-refractivity contribution in [1.29, 1.82) is 0 Å². The summed E-state index contributed by atoms with van der Waals surface area (Å²) in [4.78, 5) is 14.7. The van der Waals surface area contributed by atoms with E-state index in [1.54, 1.807) is 43.5 Å². The van der Waals surface area contributed by atoms with Gasteiger partial charge in [0.25, 0.3) is 0 Å². The molecule has 0 saturated heterocycles. The number of anilines is 2. The van der Waals surface area contributed by atoms with Gasteiger partial charge in [0.15, 0.2) is 11.0 Å². The smallest absolute Gasteiger partial charge is 0.234 e. The predicted octanol–water partition coefficient (Wildman–Crippen LogP) is 4.82. The average molecular weight is 476 g/mol.